The van der Waals surface area contributed by atoms with Crippen molar-refractivity contribution in [2.24, 2.45) is 0 Å². The first kappa shape index (κ1) is 89.7. The molecule has 0 saturated heterocycles. The van der Waals surface area contributed by atoms with Crippen molar-refractivity contribution in [1.82, 2.24) is 4.98 Å². The number of thiol groups is 1. The molecule has 8 aromatic heterocycles. The first-order chi connectivity index (χ1) is 49.7. The average molecular weight is 1720 g/mol. The quantitative estimate of drug-likeness (QED) is 0.0161. The molecule has 22 nitrogen and oxygen atoms in total. The average Bonchev–Trinajstić information content (AvgIpc) is 0.745. The van der Waals surface area contributed by atoms with Gasteiger partial charge in [0.15, 0.2) is 86.8 Å². The van der Waals surface area contributed by atoms with Gasteiger partial charge in [0.1, 0.15) is 17.3 Å². The van der Waals surface area contributed by atoms with Crippen LogP contribution in [0.2, 0.25) is 0 Å². The topological polar surface area (TPSA) is 178 Å². The van der Waals surface area contributed by atoms with E-state index in [1.54, 1.807) is 12.4 Å². The SMILES string of the molecule is CN(C)c1cc[n+](-c2[c-]c(C(=O)O)c(-[n+]3ccc(N(C)C)cc3)c(-[n+]3ccc(N(C)C)cc3)c2-[n+]2ccc(N(C)C)cc2)cc1.CN(C)c1ccncc1.Cc1c[n+](-c2c(S)c(-[n+]3ccc(N(C)C)cc3)[c-]c(C(=O)O)c2-[n+]2ccc(N(C)C)cc2)ccc1N(C)C.O=C(O)c1[c-]c(F)c(F)c(F)c1F.[Y].[Y].[Y]. The molecular weight excluding hydrogens is 1630 g/mol. The number of rotatable bonds is 18. The minimum Gasteiger partial charge on any atom is -0.521 e. The summed E-state index contributed by atoms with van der Waals surface area (Å²) in [6.07, 6.45) is 30.6. The van der Waals surface area contributed by atoms with Gasteiger partial charge in [0.25, 0.3) is 29.3 Å². The molecule has 0 saturated carbocycles. The van der Waals surface area contributed by atoms with Gasteiger partial charge >= 0.3 is 0 Å². The zero-order valence-electron chi connectivity index (χ0n) is 63.3. The molecule has 0 aliphatic carbocycles. The Labute approximate surface area is 708 Å². The molecule has 0 unspecified atom stereocenters. The second-order valence-corrected chi connectivity index (χ2v) is 26.0. The molecule has 0 bridgehead atoms. The molecule has 0 aliphatic heterocycles. The van der Waals surface area contributed by atoms with Gasteiger partial charge in [-0.1, -0.05) is 12.1 Å². The number of pyridine rings is 8. The molecule has 0 amide bonds. The molecule has 0 fully saturated rings. The fraction of sp³-hybridized carbons (Fsp3) is 0.218. The number of aromatic carboxylic acids is 3. The molecule has 0 aliphatic rings. The third kappa shape index (κ3) is 21.5. The Morgan fingerprint density at radius 1 is 0.343 bits per heavy atom. The van der Waals surface area contributed by atoms with Gasteiger partial charge in [-0.05, 0) is 30.7 Å². The molecule has 8 heterocycles. The van der Waals surface area contributed by atoms with E-state index in [2.05, 4.69) is 17.1 Å². The van der Waals surface area contributed by atoms with E-state index in [1.807, 2.05) is 369 Å². The summed E-state index contributed by atoms with van der Waals surface area (Å²) in [5, 5.41) is 29.3. The normalized spacial score (nSPS) is 10.3. The van der Waals surface area contributed by atoms with Crippen molar-refractivity contribution < 1.29 is 177 Å². The van der Waals surface area contributed by atoms with Crippen LogP contribution in [0.4, 0.5) is 63.1 Å². The largest absolute Gasteiger partial charge is 0.521 e. The van der Waals surface area contributed by atoms with Gasteiger partial charge in [0.2, 0.25) is 22.7 Å². The van der Waals surface area contributed by atoms with E-state index in [9.17, 15) is 42.2 Å². The van der Waals surface area contributed by atoms with Gasteiger partial charge < -0.3 is 68.9 Å². The van der Waals surface area contributed by atoms with Gasteiger partial charge in [-0.2, -0.15) is 35.5 Å². The van der Waals surface area contributed by atoms with E-state index in [4.69, 9.17) is 17.7 Å². The van der Waals surface area contributed by atoms with Gasteiger partial charge in [-0.15, -0.1) is 0 Å². The van der Waals surface area contributed by atoms with Crippen LogP contribution in [0.1, 0.15) is 36.6 Å². The number of anilines is 8. The first-order valence-electron chi connectivity index (χ1n) is 32.5. The summed E-state index contributed by atoms with van der Waals surface area (Å²) in [4.78, 5) is 56.6. The molecular formula is C78H86F4N16O6SY3+4. The Bertz CT molecular complexity index is 4910. The minimum absolute atomic E-state index is 0. The van der Waals surface area contributed by atoms with E-state index < -0.39 is 46.7 Å². The van der Waals surface area contributed by atoms with Gasteiger partial charge in [-0.25, -0.2) is 17.9 Å². The maximum absolute atomic E-state index is 13.1. The van der Waals surface area contributed by atoms with Crippen molar-refractivity contribution >= 4 is 76.0 Å². The van der Waals surface area contributed by atoms with Gasteiger partial charge in [-0.3, -0.25) is 13.8 Å². The van der Waals surface area contributed by atoms with Crippen LogP contribution in [0.5, 0.6) is 0 Å². The number of nitrogens with zero attached hydrogens (tertiary/aromatic N) is 16. The number of aromatic nitrogens is 8. The molecule has 108 heavy (non-hydrogen) atoms. The third-order valence-electron chi connectivity index (χ3n) is 16.5. The van der Waals surface area contributed by atoms with Crippen molar-refractivity contribution in [3.8, 4) is 39.8 Å². The summed E-state index contributed by atoms with van der Waals surface area (Å²) in [6.45, 7) is 2.03. The van der Waals surface area contributed by atoms with Crippen molar-refractivity contribution in [3.05, 3.63) is 254 Å². The number of halogens is 4. The summed E-state index contributed by atoms with van der Waals surface area (Å²) in [5.74, 6) is -12.1. The third-order valence-corrected chi connectivity index (χ3v) is 17.0. The molecule has 0 atom stereocenters. The van der Waals surface area contributed by atoms with Crippen molar-refractivity contribution in [3.63, 3.8) is 0 Å². The van der Waals surface area contributed by atoms with E-state index in [1.165, 1.54) is 11.8 Å². The van der Waals surface area contributed by atoms with Crippen LogP contribution in [0.15, 0.2) is 195 Å². The van der Waals surface area contributed by atoms with Crippen LogP contribution in [-0.2, 0) is 98.1 Å². The minimum atomic E-state index is -2.16. The van der Waals surface area contributed by atoms with Crippen LogP contribution in [0.25, 0.3) is 39.8 Å². The number of carboxylic acids is 3. The molecule has 3 aromatic carbocycles. The zero-order valence-corrected chi connectivity index (χ0v) is 72.7. The number of carbonyl (C=O) groups is 3. The second kappa shape index (κ2) is 39.9. The Morgan fingerprint density at radius 2 is 0.630 bits per heavy atom. The Hall–Kier alpha value is -8.95. The van der Waals surface area contributed by atoms with Crippen LogP contribution >= 0.6 is 12.6 Å². The smallest absolute Gasteiger partial charge is 0.279 e. The summed E-state index contributed by atoms with van der Waals surface area (Å²) in [5.41, 5.74) is 12.3. The van der Waals surface area contributed by atoms with E-state index in [-0.39, 0.29) is 109 Å². The zero-order chi connectivity index (χ0) is 77.0. The second-order valence-electron chi connectivity index (χ2n) is 25.5. The monoisotopic (exact) mass is 1720 g/mol. The van der Waals surface area contributed by atoms with E-state index >= 15 is 0 Å². The molecule has 11 aromatic rings. The summed E-state index contributed by atoms with van der Waals surface area (Å²) >= 11 is 4.98. The Kier molecular flexibility index (Phi) is 33.2. The Morgan fingerprint density at radius 3 is 0.944 bits per heavy atom. The van der Waals surface area contributed by atoms with E-state index in [0.29, 0.717) is 39.0 Å². The summed E-state index contributed by atoms with van der Waals surface area (Å²) < 4.78 is 62.7. The molecule has 11 rings (SSSR count). The van der Waals surface area contributed by atoms with Gasteiger partial charge in [0.05, 0.1) is 22.2 Å². The number of hydrogen-bond acceptors (Lipinski definition) is 13. The van der Waals surface area contributed by atoms with Crippen LogP contribution in [-0.4, -0.2) is 151 Å². The molecule has 0 spiro atoms. The number of hydrogen-bond donors (Lipinski definition) is 4. The number of aryl methyl sites for hydroxylation is 1. The van der Waals surface area contributed by atoms with Gasteiger partial charge in [0, 0.05) is 359 Å². The Balaban J connectivity index is 0.000000297. The standard InChI is InChI=1S/C35H40N8O2.C29H32N6O2S.C7HF4O2.C7H10N2.3Y/c1-36(2)26-9-17-40(18-10-26)31-25-30(35(44)45)32(41-19-11-27(12-20-41)37(3)4)34(43-23-15-29(16-24-43)39(7)8)33(31)42-21-13-28(14-22-42)38(5)6;1-20-19-35(17-12-24(20)32(6)7)27-26(34-15-10-22(11-16-34)31(4)5)23(29(36)37)18-25(28(27)38)33-13-8-21(9-14-33)30(2)3;8-3-1-2(7(12)13)4(9)6(11)5(3)10;1-9(2)7-3-5-8-6-4-7;;;/h9-24H,1-8H3;8-17,19H,1-7H3;(H,12,13);3-6H,1-2H3;;;/q+2;;-1;;;;/p+3. The number of carboxylic acid groups (broad SMARTS) is 3. The van der Waals surface area contributed by atoms with Crippen molar-refractivity contribution in [2.45, 2.75) is 11.8 Å². The molecule has 553 valence electrons. The van der Waals surface area contributed by atoms with Crippen LogP contribution < -0.4 is 71.2 Å². The summed E-state index contributed by atoms with van der Waals surface area (Å²) in [7, 11) is 31.8. The maximum atomic E-state index is 13.1. The maximum Gasteiger partial charge on any atom is 0.279 e. The summed E-state index contributed by atoms with van der Waals surface area (Å²) in [6, 6.07) is 37.5. The van der Waals surface area contributed by atoms with Crippen molar-refractivity contribution in [1.29, 1.82) is 0 Å². The fourth-order valence-electron chi connectivity index (χ4n) is 10.8. The molecule has 3 N–H and O–H groups in total. The van der Waals surface area contributed by atoms with E-state index in [0.717, 1.165) is 51.1 Å². The van der Waals surface area contributed by atoms with Crippen LogP contribution in [0, 0.1) is 48.4 Å². The van der Waals surface area contributed by atoms with Crippen molar-refractivity contribution in [2.75, 3.05) is 152 Å². The fourth-order valence-corrected chi connectivity index (χ4v) is 11.2. The molecule has 30 heteroatoms. The predicted molar refractivity (Wildman–Crippen MR) is 398 cm³/mol. The predicted octanol–water partition coefficient (Wildman–Crippen LogP) is 8.25. The number of benzene rings is 3. The first-order valence-corrected chi connectivity index (χ1v) is 33.0. The molecule has 3 radical (unpaired) electrons. The van der Waals surface area contributed by atoms with Crippen LogP contribution in [0.3, 0.4) is 0 Å².